The Labute approximate surface area is 148 Å². The molecule has 0 fully saturated rings. The van der Waals surface area contributed by atoms with Crippen LogP contribution in [0.1, 0.15) is 12.0 Å². The molecule has 6 nitrogen and oxygen atoms in total. The molecule has 2 N–H and O–H groups in total. The standard InChI is InChI=1S/C19H24N2O4/c1-13-6-5-7-14(10-13)21-18(22)8-9-20-15-11-16(23-2)19(25-4)17(12-15)24-3/h5-7,10-12,20H,8-9H2,1-4H3,(H,21,22). The van der Waals surface area contributed by atoms with Crippen LogP contribution in [-0.4, -0.2) is 33.8 Å². The maximum Gasteiger partial charge on any atom is 0.226 e. The highest BCUT2D eigenvalue weighted by molar-refractivity contribution is 5.91. The van der Waals surface area contributed by atoms with Gasteiger partial charge in [0.1, 0.15) is 0 Å². The molecule has 2 aromatic rings. The lowest BCUT2D eigenvalue weighted by atomic mass is 10.2. The summed E-state index contributed by atoms with van der Waals surface area (Å²) in [7, 11) is 4.69. The number of anilines is 2. The topological polar surface area (TPSA) is 68.8 Å². The van der Waals surface area contributed by atoms with Crippen molar-refractivity contribution in [1.82, 2.24) is 0 Å². The number of carbonyl (C=O) groups excluding carboxylic acids is 1. The van der Waals surface area contributed by atoms with Crippen LogP contribution in [0.25, 0.3) is 0 Å². The van der Waals surface area contributed by atoms with E-state index in [1.807, 2.05) is 31.2 Å². The van der Waals surface area contributed by atoms with Crippen molar-refractivity contribution < 1.29 is 19.0 Å². The normalized spacial score (nSPS) is 10.1. The monoisotopic (exact) mass is 344 g/mol. The van der Waals surface area contributed by atoms with E-state index in [1.165, 1.54) is 0 Å². The van der Waals surface area contributed by atoms with Crippen LogP contribution < -0.4 is 24.8 Å². The van der Waals surface area contributed by atoms with E-state index in [-0.39, 0.29) is 5.91 Å². The predicted molar refractivity (Wildman–Crippen MR) is 99.0 cm³/mol. The zero-order chi connectivity index (χ0) is 18.2. The largest absolute Gasteiger partial charge is 0.493 e. The van der Waals surface area contributed by atoms with Crippen LogP contribution in [0, 0.1) is 6.92 Å². The number of benzene rings is 2. The first kappa shape index (κ1) is 18.4. The minimum absolute atomic E-state index is 0.0504. The number of methoxy groups -OCH3 is 3. The second-order valence-electron chi connectivity index (χ2n) is 5.51. The maximum absolute atomic E-state index is 12.0. The lowest BCUT2D eigenvalue weighted by Crippen LogP contribution is -2.16. The molecule has 0 unspecified atom stereocenters. The molecule has 0 atom stereocenters. The molecule has 25 heavy (non-hydrogen) atoms. The first-order chi connectivity index (χ1) is 12.1. The van der Waals surface area contributed by atoms with E-state index in [2.05, 4.69) is 10.6 Å². The first-order valence-electron chi connectivity index (χ1n) is 7.97. The van der Waals surface area contributed by atoms with Crippen molar-refractivity contribution in [3.05, 3.63) is 42.0 Å². The number of nitrogens with one attached hydrogen (secondary N) is 2. The van der Waals surface area contributed by atoms with Crippen LogP contribution in [-0.2, 0) is 4.79 Å². The molecule has 0 bridgehead atoms. The molecule has 2 aromatic carbocycles. The number of aryl methyl sites for hydroxylation is 1. The van der Waals surface area contributed by atoms with E-state index in [4.69, 9.17) is 14.2 Å². The van der Waals surface area contributed by atoms with Crippen molar-refractivity contribution in [3.8, 4) is 17.2 Å². The van der Waals surface area contributed by atoms with Gasteiger partial charge in [-0.3, -0.25) is 4.79 Å². The summed E-state index contributed by atoms with van der Waals surface area (Å²) in [6.45, 7) is 2.47. The number of hydrogen-bond donors (Lipinski definition) is 2. The quantitative estimate of drug-likeness (QED) is 0.767. The lowest BCUT2D eigenvalue weighted by molar-refractivity contribution is -0.115. The maximum atomic E-state index is 12.0. The van der Waals surface area contributed by atoms with Crippen LogP contribution in [0.15, 0.2) is 36.4 Å². The van der Waals surface area contributed by atoms with E-state index in [1.54, 1.807) is 33.5 Å². The molecule has 0 aromatic heterocycles. The van der Waals surface area contributed by atoms with Crippen LogP contribution in [0.3, 0.4) is 0 Å². The van der Waals surface area contributed by atoms with Gasteiger partial charge >= 0.3 is 0 Å². The highest BCUT2D eigenvalue weighted by Gasteiger charge is 2.13. The van der Waals surface area contributed by atoms with Gasteiger partial charge in [0, 0.05) is 36.5 Å². The summed E-state index contributed by atoms with van der Waals surface area (Å²) in [5.41, 5.74) is 2.70. The molecule has 6 heteroatoms. The Kier molecular flexibility index (Phi) is 6.51. The fourth-order valence-corrected chi connectivity index (χ4v) is 2.45. The van der Waals surface area contributed by atoms with E-state index in [0.29, 0.717) is 30.2 Å². The van der Waals surface area contributed by atoms with E-state index < -0.39 is 0 Å². The minimum Gasteiger partial charge on any atom is -0.493 e. The van der Waals surface area contributed by atoms with Crippen LogP contribution in [0.5, 0.6) is 17.2 Å². The van der Waals surface area contributed by atoms with Gasteiger partial charge < -0.3 is 24.8 Å². The predicted octanol–water partition coefficient (Wildman–Crippen LogP) is 3.46. The lowest BCUT2D eigenvalue weighted by Gasteiger charge is -2.15. The Morgan fingerprint density at radius 1 is 0.960 bits per heavy atom. The molecule has 0 heterocycles. The van der Waals surface area contributed by atoms with Gasteiger partial charge in [0.05, 0.1) is 21.3 Å². The molecule has 134 valence electrons. The smallest absolute Gasteiger partial charge is 0.226 e. The molecular weight excluding hydrogens is 320 g/mol. The number of ether oxygens (including phenoxy) is 3. The summed E-state index contributed by atoms with van der Waals surface area (Å²) in [5, 5.41) is 6.08. The summed E-state index contributed by atoms with van der Waals surface area (Å²) < 4.78 is 15.9. The summed E-state index contributed by atoms with van der Waals surface area (Å²) in [6, 6.07) is 11.3. The summed E-state index contributed by atoms with van der Waals surface area (Å²) >= 11 is 0. The van der Waals surface area contributed by atoms with Crippen molar-refractivity contribution in [2.75, 3.05) is 38.5 Å². The van der Waals surface area contributed by atoms with Gasteiger partial charge in [0.25, 0.3) is 0 Å². The molecule has 2 rings (SSSR count). The van der Waals surface area contributed by atoms with Gasteiger partial charge in [-0.1, -0.05) is 12.1 Å². The molecule has 0 aliphatic carbocycles. The SMILES string of the molecule is COc1cc(NCCC(=O)Nc2cccc(C)c2)cc(OC)c1OC. The third kappa shape index (κ3) is 5.04. The third-order valence-corrected chi connectivity index (χ3v) is 3.65. The third-order valence-electron chi connectivity index (χ3n) is 3.65. The zero-order valence-electron chi connectivity index (χ0n) is 15.0. The molecule has 0 spiro atoms. The summed E-state index contributed by atoms with van der Waals surface area (Å²) in [5.74, 6) is 1.61. The van der Waals surface area contributed by atoms with Gasteiger partial charge in [0.2, 0.25) is 11.7 Å². The number of rotatable bonds is 8. The van der Waals surface area contributed by atoms with Gasteiger partial charge in [-0.15, -0.1) is 0 Å². The number of hydrogen-bond acceptors (Lipinski definition) is 5. The highest BCUT2D eigenvalue weighted by Crippen LogP contribution is 2.39. The van der Waals surface area contributed by atoms with Gasteiger partial charge in [-0.25, -0.2) is 0 Å². The molecular formula is C19H24N2O4. The molecule has 0 saturated carbocycles. The summed E-state index contributed by atoms with van der Waals surface area (Å²) in [4.78, 5) is 12.0. The van der Waals surface area contributed by atoms with Crippen LogP contribution >= 0.6 is 0 Å². The molecule has 1 amide bonds. The second-order valence-corrected chi connectivity index (χ2v) is 5.51. The van der Waals surface area contributed by atoms with Gasteiger partial charge in [0.15, 0.2) is 11.5 Å². The highest BCUT2D eigenvalue weighted by atomic mass is 16.5. The van der Waals surface area contributed by atoms with Gasteiger partial charge in [-0.2, -0.15) is 0 Å². The Balaban J connectivity index is 1.93. The van der Waals surface area contributed by atoms with Crippen molar-refractivity contribution in [3.63, 3.8) is 0 Å². The van der Waals surface area contributed by atoms with E-state index in [0.717, 1.165) is 16.9 Å². The van der Waals surface area contributed by atoms with Gasteiger partial charge in [-0.05, 0) is 24.6 Å². The van der Waals surface area contributed by atoms with Crippen molar-refractivity contribution in [2.24, 2.45) is 0 Å². The van der Waals surface area contributed by atoms with Crippen molar-refractivity contribution in [1.29, 1.82) is 0 Å². The Hall–Kier alpha value is -2.89. The molecule has 0 aliphatic rings. The molecule has 0 saturated heterocycles. The van der Waals surface area contributed by atoms with Crippen LogP contribution in [0.2, 0.25) is 0 Å². The first-order valence-corrected chi connectivity index (χ1v) is 7.97. The fourth-order valence-electron chi connectivity index (χ4n) is 2.45. The summed E-state index contributed by atoms with van der Waals surface area (Å²) in [6.07, 6.45) is 0.338. The van der Waals surface area contributed by atoms with Crippen molar-refractivity contribution >= 4 is 17.3 Å². The molecule has 0 aliphatic heterocycles. The zero-order valence-corrected chi connectivity index (χ0v) is 15.0. The van der Waals surface area contributed by atoms with Crippen molar-refractivity contribution in [2.45, 2.75) is 13.3 Å². The van der Waals surface area contributed by atoms with Crippen LogP contribution in [0.4, 0.5) is 11.4 Å². The second kappa shape index (κ2) is 8.82. The minimum atomic E-state index is -0.0504. The average Bonchev–Trinajstić information content (AvgIpc) is 2.60. The Bertz CT molecular complexity index is 706. The molecule has 0 radical (unpaired) electrons. The number of amides is 1. The Morgan fingerprint density at radius 2 is 1.64 bits per heavy atom. The fraction of sp³-hybridized carbons (Fsp3) is 0.316. The number of carbonyl (C=O) groups is 1. The van der Waals surface area contributed by atoms with E-state index in [9.17, 15) is 4.79 Å². The van der Waals surface area contributed by atoms with E-state index >= 15 is 0 Å². The Morgan fingerprint density at radius 3 is 2.20 bits per heavy atom. The average molecular weight is 344 g/mol.